The van der Waals surface area contributed by atoms with Crippen LogP contribution in [-0.2, 0) is 0 Å². The molecule has 0 radical (unpaired) electrons. The predicted octanol–water partition coefficient (Wildman–Crippen LogP) is -0.280. The van der Waals surface area contributed by atoms with E-state index in [1.54, 1.807) is 0 Å². The zero-order chi connectivity index (χ0) is 5.98. The van der Waals surface area contributed by atoms with Gasteiger partial charge in [-0.3, -0.25) is 0 Å². The Kier molecular flexibility index (Phi) is 1.83. The third kappa shape index (κ3) is 1.18. The van der Waals surface area contributed by atoms with Crippen LogP contribution in [0.3, 0.4) is 0 Å². The topological polar surface area (TPSA) is 27.3 Å². The highest BCUT2D eigenvalue weighted by molar-refractivity contribution is 4.79. The minimum Gasteiger partial charge on any atom is -0.244 e. The van der Waals surface area contributed by atoms with Crippen molar-refractivity contribution in [3.05, 3.63) is 0 Å². The Labute approximate surface area is 50.0 Å². The van der Waals surface area contributed by atoms with Gasteiger partial charge in [0.1, 0.15) is 0 Å². The smallest absolute Gasteiger partial charge is 0.0401 e. The van der Waals surface area contributed by atoms with Gasteiger partial charge in [0.25, 0.3) is 0 Å². The van der Waals surface area contributed by atoms with Crippen LogP contribution < -0.4 is 10.9 Å². The molecule has 3 heteroatoms. The lowest BCUT2D eigenvalue weighted by molar-refractivity contribution is 0.134. The van der Waals surface area contributed by atoms with Gasteiger partial charge in [0, 0.05) is 20.1 Å². The van der Waals surface area contributed by atoms with Gasteiger partial charge in [-0.2, -0.15) is 5.12 Å². The van der Waals surface area contributed by atoms with Crippen molar-refractivity contribution < 1.29 is 0 Å². The van der Waals surface area contributed by atoms with Crippen LogP contribution >= 0.6 is 0 Å². The molecule has 0 aromatic carbocycles. The van der Waals surface area contributed by atoms with E-state index < -0.39 is 0 Å². The molecule has 1 aliphatic rings. The van der Waals surface area contributed by atoms with Crippen molar-refractivity contribution in [3.63, 3.8) is 0 Å². The van der Waals surface area contributed by atoms with E-state index in [-0.39, 0.29) is 0 Å². The van der Waals surface area contributed by atoms with E-state index in [4.69, 9.17) is 0 Å². The van der Waals surface area contributed by atoms with Crippen molar-refractivity contribution in [1.82, 2.24) is 16.0 Å². The van der Waals surface area contributed by atoms with E-state index in [2.05, 4.69) is 10.9 Å². The Morgan fingerprint density at radius 3 is 1.88 bits per heavy atom. The van der Waals surface area contributed by atoms with Crippen LogP contribution in [0.5, 0.6) is 0 Å². The number of nitrogens with zero attached hydrogens (tertiary/aromatic N) is 1. The lowest BCUT2D eigenvalue weighted by atomic mass is 10.7. The highest BCUT2D eigenvalue weighted by atomic mass is 15.7. The van der Waals surface area contributed by atoms with Gasteiger partial charge in [-0.05, 0) is 12.8 Å². The fraction of sp³-hybridized carbons (Fsp3) is 1.00. The molecule has 0 bridgehead atoms. The molecule has 0 unspecified atom stereocenters. The van der Waals surface area contributed by atoms with Gasteiger partial charge < -0.3 is 0 Å². The maximum absolute atomic E-state index is 3.04. The first-order valence-electron chi connectivity index (χ1n) is 3.02. The average molecular weight is 115 g/mol. The zero-order valence-electron chi connectivity index (χ0n) is 5.44. The minimum atomic E-state index is 0.741. The maximum atomic E-state index is 3.04. The summed E-state index contributed by atoms with van der Waals surface area (Å²) < 4.78 is 0. The van der Waals surface area contributed by atoms with Gasteiger partial charge in [-0.1, -0.05) is 0 Å². The lowest BCUT2D eigenvalue weighted by Crippen LogP contribution is -2.45. The molecule has 1 fully saturated rings. The van der Waals surface area contributed by atoms with E-state index in [1.807, 2.05) is 19.2 Å². The van der Waals surface area contributed by atoms with Gasteiger partial charge in [-0.25, -0.2) is 10.9 Å². The van der Waals surface area contributed by atoms with Crippen LogP contribution in [0.15, 0.2) is 0 Å². The third-order valence-corrected chi connectivity index (χ3v) is 1.39. The summed E-state index contributed by atoms with van der Waals surface area (Å²) in [6.07, 6.45) is 2.64. The summed E-state index contributed by atoms with van der Waals surface area (Å²) in [4.78, 5) is 0. The normalized spacial score (nSPS) is 19.9. The molecule has 0 amide bonds. The number of rotatable bonds is 3. The Bertz CT molecular complexity index is 66.1. The number of hydrogen-bond acceptors (Lipinski definition) is 3. The zero-order valence-corrected chi connectivity index (χ0v) is 5.44. The fourth-order valence-electron chi connectivity index (χ4n) is 0.810. The van der Waals surface area contributed by atoms with Crippen LogP contribution in [-0.4, -0.2) is 25.3 Å². The van der Waals surface area contributed by atoms with Crippen LogP contribution in [0.25, 0.3) is 0 Å². The molecule has 0 aliphatic heterocycles. The third-order valence-electron chi connectivity index (χ3n) is 1.39. The van der Waals surface area contributed by atoms with Crippen molar-refractivity contribution in [3.8, 4) is 0 Å². The Morgan fingerprint density at radius 2 is 1.75 bits per heavy atom. The first kappa shape index (κ1) is 6.01. The Morgan fingerprint density at radius 1 is 1.25 bits per heavy atom. The molecule has 0 heterocycles. The Hall–Kier alpha value is -0.120. The standard InChI is InChI=1S/C5H13N3/c1-6-8(7-2)5-3-4-5/h5-7H,3-4H2,1-2H3. The van der Waals surface area contributed by atoms with Crippen LogP contribution in [0, 0.1) is 0 Å². The molecule has 1 aliphatic carbocycles. The molecule has 1 rings (SSSR count). The predicted molar refractivity (Wildman–Crippen MR) is 33.0 cm³/mol. The molecule has 0 aromatic heterocycles. The molecule has 0 saturated heterocycles. The van der Waals surface area contributed by atoms with E-state index in [9.17, 15) is 0 Å². The Balaban J connectivity index is 2.15. The van der Waals surface area contributed by atoms with Crippen LogP contribution in [0.1, 0.15) is 12.8 Å². The molecule has 1 saturated carbocycles. The molecule has 0 spiro atoms. The summed E-state index contributed by atoms with van der Waals surface area (Å²) in [5.41, 5.74) is 6.07. The summed E-state index contributed by atoms with van der Waals surface area (Å²) in [5, 5.41) is 2.03. The van der Waals surface area contributed by atoms with E-state index in [0.29, 0.717) is 0 Å². The quantitative estimate of drug-likeness (QED) is 0.495. The summed E-state index contributed by atoms with van der Waals surface area (Å²) in [7, 11) is 3.85. The second-order valence-electron chi connectivity index (χ2n) is 2.05. The molecule has 0 aromatic rings. The minimum absolute atomic E-state index is 0.741. The van der Waals surface area contributed by atoms with Crippen LogP contribution in [0.4, 0.5) is 0 Å². The van der Waals surface area contributed by atoms with Gasteiger partial charge in [0.15, 0.2) is 0 Å². The molecule has 0 atom stereocenters. The van der Waals surface area contributed by atoms with Gasteiger partial charge >= 0.3 is 0 Å². The van der Waals surface area contributed by atoms with Crippen molar-refractivity contribution in [2.24, 2.45) is 0 Å². The average Bonchev–Trinajstić information content (AvgIpc) is 2.53. The molecular weight excluding hydrogens is 102 g/mol. The lowest BCUT2D eigenvalue weighted by Gasteiger charge is -2.17. The number of hydrazine groups is 2. The van der Waals surface area contributed by atoms with Crippen molar-refractivity contribution >= 4 is 0 Å². The number of nitrogens with one attached hydrogen (secondary N) is 2. The van der Waals surface area contributed by atoms with Gasteiger partial charge in [0.05, 0.1) is 0 Å². The fourth-order valence-corrected chi connectivity index (χ4v) is 0.810. The first-order valence-corrected chi connectivity index (χ1v) is 3.02. The van der Waals surface area contributed by atoms with E-state index in [1.165, 1.54) is 12.8 Å². The largest absolute Gasteiger partial charge is 0.244 e. The number of hydrogen-bond donors (Lipinski definition) is 2. The van der Waals surface area contributed by atoms with E-state index in [0.717, 1.165) is 6.04 Å². The molecule has 3 nitrogen and oxygen atoms in total. The molecular formula is C5H13N3. The second kappa shape index (κ2) is 2.44. The molecule has 48 valence electrons. The van der Waals surface area contributed by atoms with Crippen molar-refractivity contribution in [2.75, 3.05) is 14.1 Å². The summed E-state index contributed by atoms with van der Waals surface area (Å²) in [6, 6.07) is 0.741. The summed E-state index contributed by atoms with van der Waals surface area (Å²) >= 11 is 0. The summed E-state index contributed by atoms with van der Waals surface area (Å²) in [5.74, 6) is 0. The van der Waals surface area contributed by atoms with Gasteiger partial charge in [-0.15, -0.1) is 0 Å². The second-order valence-corrected chi connectivity index (χ2v) is 2.05. The first-order chi connectivity index (χ1) is 3.88. The van der Waals surface area contributed by atoms with Crippen molar-refractivity contribution in [2.45, 2.75) is 18.9 Å². The monoisotopic (exact) mass is 115 g/mol. The maximum Gasteiger partial charge on any atom is 0.0401 e. The van der Waals surface area contributed by atoms with Gasteiger partial charge in [0.2, 0.25) is 0 Å². The highest BCUT2D eigenvalue weighted by Crippen LogP contribution is 2.22. The molecule has 2 N–H and O–H groups in total. The summed E-state index contributed by atoms with van der Waals surface area (Å²) in [6.45, 7) is 0. The highest BCUT2D eigenvalue weighted by Gasteiger charge is 2.27. The van der Waals surface area contributed by atoms with E-state index >= 15 is 0 Å². The molecule has 8 heavy (non-hydrogen) atoms. The SMILES string of the molecule is CNN(NC)C1CC1. The van der Waals surface area contributed by atoms with Crippen molar-refractivity contribution in [1.29, 1.82) is 0 Å². The van der Waals surface area contributed by atoms with Crippen LogP contribution in [0.2, 0.25) is 0 Å².